The average Bonchev–Trinajstić information content (AvgIpc) is 2.19. The van der Waals surface area contributed by atoms with Crippen LogP contribution in [0.5, 0.6) is 0 Å². The third kappa shape index (κ3) is 3.16. The first-order chi connectivity index (χ1) is 7.50. The number of pyridine rings is 1. The van der Waals surface area contributed by atoms with E-state index in [0.717, 1.165) is 12.3 Å². The molecular formula is C10H9FN2O3. The highest BCUT2D eigenvalue weighted by molar-refractivity contribution is 5.96. The van der Waals surface area contributed by atoms with Crippen LogP contribution in [-0.4, -0.2) is 22.0 Å². The largest absolute Gasteiger partial charge is 0.477 e. The molecule has 2 N–H and O–H groups in total. The smallest absolute Gasteiger partial charge is 0.352 e. The van der Waals surface area contributed by atoms with Crippen molar-refractivity contribution in [3.05, 3.63) is 35.5 Å². The van der Waals surface area contributed by atoms with Gasteiger partial charge in [-0.05, 0) is 12.1 Å². The van der Waals surface area contributed by atoms with Gasteiger partial charge in [0.25, 0.3) is 0 Å². The van der Waals surface area contributed by atoms with E-state index in [0.29, 0.717) is 0 Å². The number of nitrogens with one attached hydrogen (secondary N) is 1. The van der Waals surface area contributed by atoms with Gasteiger partial charge >= 0.3 is 5.97 Å². The number of hydrogen-bond acceptors (Lipinski definition) is 3. The number of carboxylic acids is 1. The minimum Gasteiger partial charge on any atom is -0.477 e. The van der Waals surface area contributed by atoms with Gasteiger partial charge in [-0.3, -0.25) is 9.78 Å². The molecule has 1 aromatic rings. The summed E-state index contributed by atoms with van der Waals surface area (Å²) in [4.78, 5) is 25.0. The molecule has 0 aromatic carbocycles. The maximum atomic E-state index is 13.1. The maximum Gasteiger partial charge on any atom is 0.352 e. The third-order valence-corrected chi connectivity index (χ3v) is 1.64. The van der Waals surface area contributed by atoms with Crippen LogP contribution in [0.3, 0.4) is 0 Å². The predicted molar refractivity (Wildman–Crippen MR) is 53.6 cm³/mol. The number of carbonyl (C=O) groups excluding carboxylic acids is 1. The second-order valence-electron chi connectivity index (χ2n) is 2.94. The SMILES string of the molecule is CC(=O)N/C(=C/c1ccncc1F)C(=O)O. The molecule has 16 heavy (non-hydrogen) atoms. The first-order valence-corrected chi connectivity index (χ1v) is 4.33. The zero-order valence-corrected chi connectivity index (χ0v) is 8.40. The average molecular weight is 224 g/mol. The lowest BCUT2D eigenvalue weighted by Gasteiger charge is -2.03. The summed E-state index contributed by atoms with van der Waals surface area (Å²) in [7, 11) is 0. The molecule has 1 rings (SSSR count). The van der Waals surface area contributed by atoms with Gasteiger partial charge in [-0.2, -0.15) is 0 Å². The number of hydrogen-bond donors (Lipinski definition) is 2. The molecule has 0 aliphatic rings. The summed E-state index contributed by atoms with van der Waals surface area (Å²) in [6.07, 6.45) is 3.31. The Labute approximate surface area is 90.6 Å². The van der Waals surface area contributed by atoms with E-state index in [1.807, 2.05) is 0 Å². The summed E-state index contributed by atoms with van der Waals surface area (Å²) < 4.78 is 13.1. The normalized spacial score (nSPS) is 11.0. The fourth-order valence-corrected chi connectivity index (χ4v) is 0.999. The van der Waals surface area contributed by atoms with E-state index in [1.165, 1.54) is 19.2 Å². The van der Waals surface area contributed by atoms with Gasteiger partial charge in [0, 0.05) is 18.7 Å². The molecule has 1 amide bonds. The Kier molecular flexibility index (Phi) is 3.71. The van der Waals surface area contributed by atoms with Crippen LogP contribution in [0.4, 0.5) is 4.39 Å². The Hall–Kier alpha value is -2.24. The summed E-state index contributed by atoms with van der Waals surface area (Å²) in [6.45, 7) is 1.17. The predicted octanol–water partition coefficient (Wildman–Crippen LogP) is 0.782. The lowest BCUT2D eigenvalue weighted by Crippen LogP contribution is -2.24. The highest BCUT2D eigenvalue weighted by atomic mass is 19.1. The van der Waals surface area contributed by atoms with Crippen LogP contribution >= 0.6 is 0 Å². The van der Waals surface area contributed by atoms with Crippen molar-refractivity contribution in [3.8, 4) is 0 Å². The third-order valence-electron chi connectivity index (χ3n) is 1.64. The summed E-state index contributed by atoms with van der Waals surface area (Å²) in [5, 5.41) is 10.8. The second kappa shape index (κ2) is 5.01. The number of carboxylic acid groups (broad SMARTS) is 1. The van der Waals surface area contributed by atoms with Crippen molar-refractivity contribution in [1.29, 1.82) is 0 Å². The highest BCUT2D eigenvalue weighted by Gasteiger charge is 2.10. The van der Waals surface area contributed by atoms with Crippen molar-refractivity contribution in [2.45, 2.75) is 6.92 Å². The molecular weight excluding hydrogens is 215 g/mol. The highest BCUT2D eigenvalue weighted by Crippen LogP contribution is 2.09. The van der Waals surface area contributed by atoms with Crippen molar-refractivity contribution < 1.29 is 19.1 Å². The molecule has 0 spiro atoms. The Balaban J connectivity index is 3.07. The number of aromatic nitrogens is 1. The van der Waals surface area contributed by atoms with Crippen molar-refractivity contribution in [2.75, 3.05) is 0 Å². The molecule has 0 radical (unpaired) electrons. The van der Waals surface area contributed by atoms with Crippen molar-refractivity contribution >= 4 is 18.0 Å². The summed E-state index contributed by atoms with van der Waals surface area (Å²) >= 11 is 0. The Morgan fingerprint density at radius 2 is 2.25 bits per heavy atom. The Morgan fingerprint density at radius 3 is 2.75 bits per heavy atom. The van der Waals surface area contributed by atoms with Crippen LogP contribution in [-0.2, 0) is 9.59 Å². The lowest BCUT2D eigenvalue weighted by atomic mass is 10.2. The van der Waals surface area contributed by atoms with E-state index in [4.69, 9.17) is 5.11 Å². The van der Waals surface area contributed by atoms with E-state index < -0.39 is 23.4 Å². The molecule has 0 aliphatic carbocycles. The summed E-state index contributed by atoms with van der Waals surface area (Å²) in [5.74, 6) is -2.54. The van der Waals surface area contributed by atoms with E-state index in [1.54, 1.807) is 0 Å². The first-order valence-electron chi connectivity index (χ1n) is 4.33. The number of carbonyl (C=O) groups is 2. The molecule has 5 nitrogen and oxygen atoms in total. The lowest BCUT2D eigenvalue weighted by molar-refractivity contribution is -0.134. The fraction of sp³-hybridized carbons (Fsp3) is 0.100. The van der Waals surface area contributed by atoms with Crippen LogP contribution in [0.15, 0.2) is 24.2 Å². The topological polar surface area (TPSA) is 79.3 Å². The Morgan fingerprint density at radius 1 is 1.56 bits per heavy atom. The number of amides is 1. The van der Waals surface area contributed by atoms with Gasteiger partial charge < -0.3 is 10.4 Å². The molecule has 0 unspecified atom stereocenters. The molecule has 0 saturated heterocycles. The van der Waals surface area contributed by atoms with Crippen molar-refractivity contribution in [3.63, 3.8) is 0 Å². The summed E-state index contributed by atoms with van der Waals surface area (Å²) in [6, 6.07) is 1.31. The molecule has 0 atom stereocenters. The minimum atomic E-state index is -1.34. The van der Waals surface area contributed by atoms with Crippen molar-refractivity contribution in [2.24, 2.45) is 0 Å². The molecule has 0 aliphatic heterocycles. The molecule has 0 saturated carbocycles. The number of halogens is 1. The van der Waals surface area contributed by atoms with Crippen molar-refractivity contribution in [1.82, 2.24) is 10.3 Å². The monoisotopic (exact) mass is 224 g/mol. The molecule has 84 valence electrons. The van der Waals surface area contributed by atoms with E-state index in [2.05, 4.69) is 10.3 Å². The zero-order chi connectivity index (χ0) is 12.1. The van der Waals surface area contributed by atoms with E-state index in [9.17, 15) is 14.0 Å². The minimum absolute atomic E-state index is 0.0427. The van der Waals surface area contributed by atoms with Gasteiger partial charge in [0.1, 0.15) is 11.5 Å². The maximum absolute atomic E-state index is 13.1. The Bertz CT molecular complexity index is 457. The fourth-order valence-electron chi connectivity index (χ4n) is 0.999. The molecule has 0 bridgehead atoms. The zero-order valence-electron chi connectivity index (χ0n) is 8.40. The van der Waals surface area contributed by atoms with Crippen LogP contribution in [0, 0.1) is 5.82 Å². The van der Waals surface area contributed by atoms with Gasteiger partial charge in [-0.1, -0.05) is 0 Å². The van der Waals surface area contributed by atoms with Gasteiger partial charge in [0.05, 0.1) is 6.20 Å². The van der Waals surface area contributed by atoms with Gasteiger partial charge in [-0.25, -0.2) is 9.18 Å². The molecule has 0 fully saturated rings. The number of aliphatic carboxylic acids is 1. The quantitative estimate of drug-likeness (QED) is 0.743. The van der Waals surface area contributed by atoms with E-state index >= 15 is 0 Å². The molecule has 6 heteroatoms. The van der Waals surface area contributed by atoms with Gasteiger partial charge in [0.15, 0.2) is 0 Å². The van der Waals surface area contributed by atoms with E-state index in [-0.39, 0.29) is 5.56 Å². The van der Waals surface area contributed by atoms with Crippen LogP contribution in [0.2, 0.25) is 0 Å². The second-order valence-corrected chi connectivity index (χ2v) is 2.94. The van der Waals surface area contributed by atoms with Crippen LogP contribution in [0.1, 0.15) is 12.5 Å². The first kappa shape index (κ1) is 11.8. The molecule has 1 aromatic heterocycles. The van der Waals surface area contributed by atoms with Gasteiger partial charge in [-0.15, -0.1) is 0 Å². The van der Waals surface area contributed by atoms with Crippen LogP contribution in [0.25, 0.3) is 6.08 Å². The standard InChI is InChI=1S/C10H9FN2O3/c1-6(14)13-9(10(15)16)4-7-2-3-12-5-8(7)11/h2-5H,1H3,(H,13,14)(H,15,16)/b9-4+. The number of rotatable bonds is 3. The summed E-state index contributed by atoms with van der Waals surface area (Å²) in [5.41, 5.74) is -0.348. The van der Waals surface area contributed by atoms with Gasteiger partial charge in [0.2, 0.25) is 5.91 Å². The molecule has 1 heterocycles. The van der Waals surface area contributed by atoms with Crippen LogP contribution < -0.4 is 5.32 Å². The number of nitrogens with zero attached hydrogens (tertiary/aromatic N) is 1.